The molecule has 0 saturated heterocycles. The highest BCUT2D eigenvalue weighted by Gasteiger charge is 2.01. The van der Waals surface area contributed by atoms with Crippen LogP contribution in [0.5, 0.6) is 23.0 Å². The van der Waals surface area contributed by atoms with Gasteiger partial charge in [0.1, 0.15) is 0 Å². The van der Waals surface area contributed by atoms with Crippen molar-refractivity contribution < 1.29 is 24.8 Å². The minimum absolute atomic E-state index is 0.00317. The number of aliphatic hydroxyl groups excluding tert-OH is 1. The van der Waals surface area contributed by atoms with Crippen molar-refractivity contribution in [2.75, 3.05) is 20.8 Å². The standard InChI is InChI=1S/C10H12O3.C10H12O2/c1-13-10-7-8(3-2-6-11)4-5-9(10)12;1-3-4-8-5-6-9(11)10(7-8)12-2/h2-5,7,11-12H,6H2,1H3;3,5-7,11H,1,4H2,2H3/b3-2+;. The number of methoxy groups -OCH3 is 2. The van der Waals surface area contributed by atoms with Gasteiger partial charge in [-0.2, -0.15) is 0 Å². The van der Waals surface area contributed by atoms with Crippen molar-refractivity contribution in [1.29, 1.82) is 0 Å². The predicted octanol–water partition coefficient (Wildman–Crippen LogP) is 3.54. The summed E-state index contributed by atoms with van der Waals surface area (Å²) in [6.45, 7) is 3.63. The van der Waals surface area contributed by atoms with E-state index in [4.69, 9.17) is 14.6 Å². The van der Waals surface area contributed by atoms with Crippen LogP contribution in [-0.4, -0.2) is 36.1 Å². The molecule has 0 bridgehead atoms. The molecule has 3 N–H and O–H groups in total. The fourth-order valence-corrected chi connectivity index (χ4v) is 2.00. The number of phenolic OH excluding ortho intramolecular Hbond substituents is 2. The summed E-state index contributed by atoms with van der Waals surface area (Å²) in [6.07, 6.45) is 5.97. The van der Waals surface area contributed by atoms with Crippen molar-refractivity contribution in [2.45, 2.75) is 6.42 Å². The molecule has 25 heavy (non-hydrogen) atoms. The van der Waals surface area contributed by atoms with E-state index < -0.39 is 0 Å². The van der Waals surface area contributed by atoms with Crippen molar-refractivity contribution in [1.82, 2.24) is 0 Å². The maximum absolute atomic E-state index is 9.26. The van der Waals surface area contributed by atoms with E-state index in [-0.39, 0.29) is 18.1 Å². The van der Waals surface area contributed by atoms with Gasteiger partial charge in [0.15, 0.2) is 23.0 Å². The van der Waals surface area contributed by atoms with Gasteiger partial charge in [-0.1, -0.05) is 30.4 Å². The lowest BCUT2D eigenvalue weighted by atomic mass is 10.1. The van der Waals surface area contributed by atoms with Crippen LogP contribution in [0.1, 0.15) is 11.1 Å². The Bertz CT molecular complexity index is 707. The van der Waals surface area contributed by atoms with Crippen molar-refractivity contribution in [3.05, 3.63) is 66.3 Å². The van der Waals surface area contributed by atoms with Crippen molar-refractivity contribution in [3.63, 3.8) is 0 Å². The summed E-state index contributed by atoms with van der Waals surface area (Å²) in [5, 5.41) is 27.1. The summed E-state index contributed by atoms with van der Waals surface area (Å²) in [6, 6.07) is 10.3. The van der Waals surface area contributed by atoms with Gasteiger partial charge >= 0.3 is 0 Å². The Morgan fingerprint density at radius 2 is 1.56 bits per heavy atom. The number of benzene rings is 2. The molecule has 134 valence electrons. The first-order valence-corrected chi connectivity index (χ1v) is 7.66. The number of aromatic hydroxyl groups is 2. The monoisotopic (exact) mass is 344 g/mol. The average molecular weight is 344 g/mol. The molecule has 0 fully saturated rings. The Morgan fingerprint density at radius 1 is 0.960 bits per heavy atom. The molecule has 2 aromatic rings. The molecule has 5 nitrogen and oxygen atoms in total. The lowest BCUT2D eigenvalue weighted by Gasteiger charge is -2.04. The molecule has 2 aromatic carbocycles. The number of phenols is 2. The van der Waals surface area contributed by atoms with E-state index in [0.717, 1.165) is 17.5 Å². The summed E-state index contributed by atoms with van der Waals surface area (Å²) in [7, 11) is 3.03. The summed E-state index contributed by atoms with van der Waals surface area (Å²) in [5.41, 5.74) is 1.96. The van der Waals surface area contributed by atoms with E-state index in [2.05, 4.69) is 6.58 Å². The number of ether oxygens (including phenoxy) is 2. The van der Waals surface area contributed by atoms with Crippen LogP contribution >= 0.6 is 0 Å². The van der Waals surface area contributed by atoms with Crippen LogP contribution in [0, 0.1) is 0 Å². The molecule has 0 unspecified atom stereocenters. The molecule has 0 aliphatic heterocycles. The lowest BCUT2D eigenvalue weighted by Crippen LogP contribution is -1.86. The first-order chi connectivity index (χ1) is 12.0. The normalized spacial score (nSPS) is 10.0. The van der Waals surface area contributed by atoms with E-state index in [1.807, 2.05) is 12.1 Å². The maximum Gasteiger partial charge on any atom is 0.161 e. The Hall–Kier alpha value is -2.92. The van der Waals surface area contributed by atoms with Gasteiger partial charge in [-0.3, -0.25) is 0 Å². The van der Waals surface area contributed by atoms with Gasteiger partial charge in [-0.05, 0) is 41.8 Å². The maximum atomic E-state index is 9.26. The minimum Gasteiger partial charge on any atom is -0.504 e. The first-order valence-electron chi connectivity index (χ1n) is 7.66. The third-order valence-corrected chi connectivity index (χ3v) is 3.24. The molecule has 5 heteroatoms. The van der Waals surface area contributed by atoms with Crippen molar-refractivity contribution >= 4 is 6.08 Å². The van der Waals surface area contributed by atoms with Gasteiger partial charge in [0.2, 0.25) is 0 Å². The second-order valence-electron chi connectivity index (χ2n) is 5.02. The molecule has 0 spiro atoms. The Kier molecular flexibility index (Phi) is 8.68. The van der Waals surface area contributed by atoms with Crippen molar-refractivity contribution in [3.8, 4) is 23.0 Å². The van der Waals surface area contributed by atoms with Crippen LogP contribution in [0.3, 0.4) is 0 Å². The molecule has 0 atom stereocenters. The van der Waals surface area contributed by atoms with Gasteiger partial charge in [-0.15, -0.1) is 6.58 Å². The zero-order valence-electron chi connectivity index (χ0n) is 14.5. The molecule has 0 amide bonds. The average Bonchev–Trinajstić information content (AvgIpc) is 2.63. The Labute approximate surface area is 148 Å². The van der Waals surface area contributed by atoms with Crippen LogP contribution in [0.25, 0.3) is 6.08 Å². The fourth-order valence-electron chi connectivity index (χ4n) is 2.00. The second-order valence-corrected chi connectivity index (χ2v) is 5.02. The SMILES string of the molecule is C=CCc1ccc(O)c(OC)c1.COc1cc(/C=C/CO)ccc1O. The molecule has 0 radical (unpaired) electrons. The number of hydrogen-bond donors (Lipinski definition) is 3. The smallest absolute Gasteiger partial charge is 0.161 e. The Morgan fingerprint density at radius 3 is 2.12 bits per heavy atom. The van der Waals surface area contributed by atoms with Crippen LogP contribution in [0.2, 0.25) is 0 Å². The van der Waals surface area contributed by atoms with Gasteiger partial charge < -0.3 is 24.8 Å². The summed E-state index contributed by atoms with van der Waals surface area (Å²) >= 11 is 0. The third kappa shape index (κ3) is 6.61. The van der Waals surface area contributed by atoms with E-state index >= 15 is 0 Å². The second kappa shape index (κ2) is 10.8. The highest BCUT2D eigenvalue weighted by atomic mass is 16.5. The highest BCUT2D eigenvalue weighted by molar-refractivity contribution is 5.55. The fraction of sp³-hybridized carbons (Fsp3) is 0.200. The molecular weight excluding hydrogens is 320 g/mol. The summed E-state index contributed by atoms with van der Waals surface area (Å²) in [4.78, 5) is 0. The minimum atomic E-state index is 0.00317. The van der Waals surface area contributed by atoms with E-state index in [1.54, 1.807) is 42.5 Å². The first kappa shape index (κ1) is 20.1. The van der Waals surface area contributed by atoms with E-state index in [1.165, 1.54) is 14.2 Å². The number of allylic oxidation sites excluding steroid dienone is 1. The largest absolute Gasteiger partial charge is 0.504 e. The number of aliphatic hydroxyl groups is 1. The van der Waals surface area contributed by atoms with Gasteiger partial charge in [0.05, 0.1) is 20.8 Å². The highest BCUT2D eigenvalue weighted by Crippen LogP contribution is 2.27. The molecule has 0 heterocycles. The molecule has 0 aliphatic rings. The number of rotatable bonds is 6. The van der Waals surface area contributed by atoms with Crippen LogP contribution < -0.4 is 9.47 Å². The predicted molar refractivity (Wildman–Crippen MR) is 99.3 cm³/mol. The zero-order chi connectivity index (χ0) is 18.7. The topological polar surface area (TPSA) is 79.2 Å². The molecule has 0 aliphatic carbocycles. The molecule has 0 aromatic heterocycles. The molecule has 2 rings (SSSR count). The lowest BCUT2D eigenvalue weighted by molar-refractivity contribution is 0.343. The van der Waals surface area contributed by atoms with Gasteiger partial charge in [-0.25, -0.2) is 0 Å². The van der Waals surface area contributed by atoms with Crippen LogP contribution in [0.15, 0.2) is 55.1 Å². The van der Waals surface area contributed by atoms with Crippen LogP contribution in [0.4, 0.5) is 0 Å². The quantitative estimate of drug-likeness (QED) is 0.699. The zero-order valence-corrected chi connectivity index (χ0v) is 14.5. The summed E-state index contributed by atoms with van der Waals surface area (Å²) in [5.74, 6) is 1.23. The molecule has 0 saturated carbocycles. The van der Waals surface area contributed by atoms with Crippen molar-refractivity contribution in [2.24, 2.45) is 0 Å². The van der Waals surface area contributed by atoms with Crippen LogP contribution in [-0.2, 0) is 6.42 Å². The van der Waals surface area contributed by atoms with E-state index in [0.29, 0.717) is 11.5 Å². The third-order valence-electron chi connectivity index (χ3n) is 3.24. The van der Waals surface area contributed by atoms with Gasteiger partial charge in [0.25, 0.3) is 0 Å². The molecular formula is C20H24O5. The number of hydrogen-bond acceptors (Lipinski definition) is 5. The Balaban J connectivity index is 0.000000251. The van der Waals surface area contributed by atoms with Gasteiger partial charge in [0, 0.05) is 0 Å². The van der Waals surface area contributed by atoms with E-state index in [9.17, 15) is 10.2 Å². The summed E-state index contributed by atoms with van der Waals surface area (Å²) < 4.78 is 9.87.